The molecule has 0 heterocycles. The number of allylic oxidation sites excluding steroid dienone is 3. The van der Waals surface area contributed by atoms with E-state index in [0.29, 0.717) is 0 Å². The zero-order valence-corrected chi connectivity index (χ0v) is 7.80. The summed E-state index contributed by atoms with van der Waals surface area (Å²) < 4.78 is 0. The average Bonchev–Trinajstić information content (AvgIpc) is 2.11. The Labute approximate surface area is 74.4 Å². The Morgan fingerprint density at radius 1 is 1.58 bits per heavy atom. The van der Waals surface area contributed by atoms with Crippen LogP contribution in [0.1, 0.15) is 13.8 Å². The fourth-order valence-electron chi connectivity index (χ4n) is 0.843. The lowest BCUT2D eigenvalue weighted by atomic mass is 10.3. The third kappa shape index (κ3) is 3.19. The van der Waals surface area contributed by atoms with E-state index >= 15 is 0 Å². The molecule has 0 aliphatic heterocycles. The molecule has 0 saturated carbocycles. The smallest absolute Gasteiger partial charge is 0.0850 e. The van der Waals surface area contributed by atoms with Gasteiger partial charge in [-0.3, -0.25) is 4.99 Å². The molecule has 0 bridgehead atoms. The molecule has 0 atom stereocenters. The first-order valence-corrected chi connectivity index (χ1v) is 4.00. The summed E-state index contributed by atoms with van der Waals surface area (Å²) in [5, 5.41) is 3.14. The Morgan fingerprint density at radius 2 is 2.25 bits per heavy atom. The Balaban J connectivity index is 4.72. The predicted molar refractivity (Wildman–Crippen MR) is 55.3 cm³/mol. The van der Waals surface area contributed by atoms with Gasteiger partial charge >= 0.3 is 0 Å². The van der Waals surface area contributed by atoms with Crippen molar-refractivity contribution in [2.75, 3.05) is 6.54 Å². The zero-order valence-electron chi connectivity index (χ0n) is 7.80. The van der Waals surface area contributed by atoms with E-state index in [9.17, 15) is 0 Å². The number of nitrogens with one attached hydrogen (secondary N) is 1. The van der Waals surface area contributed by atoms with Crippen LogP contribution in [-0.2, 0) is 0 Å². The monoisotopic (exact) mass is 164 g/mol. The Hall–Kier alpha value is -1.31. The third-order valence-electron chi connectivity index (χ3n) is 1.34. The van der Waals surface area contributed by atoms with Crippen molar-refractivity contribution in [1.29, 1.82) is 0 Å². The minimum atomic E-state index is 0.828. The molecule has 2 heteroatoms. The highest BCUT2D eigenvalue weighted by molar-refractivity contribution is 5.38. The Morgan fingerprint density at radius 3 is 2.58 bits per heavy atom. The molecule has 12 heavy (non-hydrogen) atoms. The molecular weight excluding hydrogens is 148 g/mol. The molecule has 0 aliphatic carbocycles. The Kier molecular flexibility index (Phi) is 5.70. The van der Waals surface area contributed by atoms with Crippen molar-refractivity contribution < 1.29 is 0 Å². The van der Waals surface area contributed by atoms with Gasteiger partial charge in [0.15, 0.2) is 0 Å². The van der Waals surface area contributed by atoms with E-state index in [2.05, 4.69) is 23.6 Å². The number of nitrogens with zero attached hydrogens (tertiary/aromatic N) is 1. The van der Waals surface area contributed by atoms with Gasteiger partial charge in [-0.1, -0.05) is 12.7 Å². The van der Waals surface area contributed by atoms with Gasteiger partial charge in [0.1, 0.15) is 0 Å². The van der Waals surface area contributed by atoms with Crippen LogP contribution in [0.3, 0.4) is 0 Å². The molecule has 0 radical (unpaired) electrons. The normalized spacial score (nSPS) is 12.5. The maximum Gasteiger partial charge on any atom is 0.0850 e. The summed E-state index contributed by atoms with van der Waals surface area (Å²) in [6.45, 7) is 12.0. The summed E-state index contributed by atoms with van der Waals surface area (Å²) in [7, 11) is 0. The van der Waals surface area contributed by atoms with Crippen molar-refractivity contribution in [3.8, 4) is 0 Å². The quantitative estimate of drug-likeness (QED) is 0.489. The molecule has 0 saturated heterocycles. The molecule has 0 aromatic carbocycles. The molecule has 2 nitrogen and oxygen atoms in total. The van der Waals surface area contributed by atoms with Crippen LogP contribution in [0.25, 0.3) is 0 Å². The van der Waals surface area contributed by atoms with Crippen LogP contribution in [0.2, 0.25) is 0 Å². The van der Waals surface area contributed by atoms with Gasteiger partial charge in [-0.25, -0.2) is 0 Å². The maximum absolute atomic E-state index is 3.88. The van der Waals surface area contributed by atoms with Gasteiger partial charge in [0.25, 0.3) is 0 Å². The first kappa shape index (κ1) is 10.7. The third-order valence-corrected chi connectivity index (χ3v) is 1.34. The number of rotatable bonds is 5. The predicted octanol–water partition coefficient (Wildman–Crippen LogP) is 2.27. The van der Waals surface area contributed by atoms with Crippen molar-refractivity contribution in [2.24, 2.45) is 4.99 Å². The SMILES string of the molecule is C=C/C(NCC)=C(\C=C/C)N=C. The highest BCUT2D eigenvalue weighted by Crippen LogP contribution is 2.05. The fraction of sp³-hybridized carbons (Fsp3) is 0.300. The number of hydrogen-bond acceptors (Lipinski definition) is 2. The minimum absolute atomic E-state index is 0.828. The van der Waals surface area contributed by atoms with Crippen LogP contribution >= 0.6 is 0 Å². The molecule has 0 fully saturated rings. The molecule has 66 valence electrons. The summed E-state index contributed by atoms with van der Waals surface area (Å²) in [5.41, 5.74) is 1.75. The second-order valence-corrected chi connectivity index (χ2v) is 2.19. The Bertz CT molecular complexity index is 212. The van der Waals surface area contributed by atoms with Crippen molar-refractivity contribution in [3.05, 3.63) is 36.2 Å². The lowest BCUT2D eigenvalue weighted by Gasteiger charge is -2.05. The molecule has 0 rings (SSSR count). The number of likely N-dealkylation sites (N-methyl/N-ethyl adjacent to an activating group) is 1. The van der Waals surface area contributed by atoms with Crippen LogP contribution in [0.15, 0.2) is 41.2 Å². The van der Waals surface area contributed by atoms with Crippen LogP contribution in [0.4, 0.5) is 0 Å². The van der Waals surface area contributed by atoms with Gasteiger partial charge in [-0.2, -0.15) is 0 Å². The maximum atomic E-state index is 3.88. The van der Waals surface area contributed by atoms with Crippen molar-refractivity contribution >= 4 is 6.72 Å². The molecular formula is C10H16N2. The van der Waals surface area contributed by atoms with Gasteiger partial charge in [-0.05, 0) is 32.7 Å². The highest BCUT2D eigenvalue weighted by Gasteiger charge is 1.94. The largest absolute Gasteiger partial charge is 0.384 e. The van der Waals surface area contributed by atoms with E-state index < -0.39 is 0 Å². The van der Waals surface area contributed by atoms with Crippen molar-refractivity contribution in [1.82, 2.24) is 5.32 Å². The van der Waals surface area contributed by atoms with E-state index in [1.807, 2.05) is 26.0 Å². The standard InChI is InChI=1S/C10H16N2/c1-5-8-10(11-4)9(6-2)12-7-3/h5-6,8,12H,2,4,7H2,1,3H3/b8-5-,10-9-. The lowest BCUT2D eigenvalue weighted by Crippen LogP contribution is -2.11. The van der Waals surface area contributed by atoms with Crippen molar-refractivity contribution in [3.63, 3.8) is 0 Å². The average molecular weight is 164 g/mol. The van der Waals surface area contributed by atoms with E-state index in [0.717, 1.165) is 17.9 Å². The molecule has 0 unspecified atom stereocenters. The van der Waals surface area contributed by atoms with Gasteiger partial charge in [0.2, 0.25) is 0 Å². The van der Waals surface area contributed by atoms with Crippen LogP contribution in [0, 0.1) is 0 Å². The molecule has 1 N–H and O–H groups in total. The molecule has 0 spiro atoms. The summed E-state index contributed by atoms with van der Waals surface area (Å²) >= 11 is 0. The van der Waals surface area contributed by atoms with E-state index in [-0.39, 0.29) is 0 Å². The first-order chi connectivity index (χ1) is 5.79. The molecule has 0 aromatic rings. The number of hydrogen-bond donors (Lipinski definition) is 1. The van der Waals surface area contributed by atoms with Gasteiger partial charge in [-0.15, -0.1) is 0 Å². The molecule has 0 amide bonds. The zero-order chi connectivity index (χ0) is 9.40. The molecule has 0 aromatic heterocycles. The van der Waals surface area contributed by atoms with E-state index in [1.54, 1.807) is 6.08 Å². The molecule has 0 aliphatic rings. The van der Waals surface area contributed by atoms with Crippen LogP contribution in [0.5, 0.6) is 0 Å². The van der Waals surface area contributed by atoms with E-state index in [4.69, 9.17) is 0 Å². The first-order valence-electron chi connectivity index (χ1n) is 4.00. The summed E-state index contributed by atoms with van der Waals surface area (Å²) in [5.74, 6) is 0. The summed E-state index contributed by atoms with van der Waals surface area (Å²) in [6.07, 6.45) is 5.56. The van der Waals surface area contributed by atoms with Crippen molar-refractivity contribution in [2.45, 2.75) is 13.8 Å². The van der Waals surface area contributed by atoms with Gasteiger partial charge in [0.05, 0.1) is 11.4 Å². The van der Waals surface area contributed by atoms with Crippen LogP contribution in [-0.4, -0.2) is 13.3 Å². The fourth-order valence-corrected chi connectivity index (χ4v) is 0.843. The minimum Gasteiger partial charge on any atom is -0.384 e. The number of aliphatic imine (C=N–C) groups is 1. The lowest BCUT2D eigenvalue weighted by molar-refractivity contribution is 0.867. The topological polar surface area (TPSA) is 24.4 Å². The van der Waals surface area contributed by atoms with Gasteiger partial charge < -0.3 is 5.32 Å². The van der Waals surface area contributed by atoms with Gasteiger partial charge in [0, 0.05) is 6.54 Å². The second kappa shape index (κ2) is 6.40. The second-order valence-electron chi connectivity index (χ2n) is 2.19. The summed E-state index contributed by atoms with van der Waals surface area (Å²) in [4.78, 5) is 3.88. The van der Waals surface area contributed by atoms with E-state index in [1.165, 1.54) is 0 Å². The van der Waals surface area contributed by atoms with Crippen LogP contribution < -0.4 is 5.32 Å². The summed E-state index contributed by atoms with van der Waals surface area (Å²) in [6, 6.07) is 0. The highest BCUT2D eigenvalue weighted by atomic mass is 14.9.